The van der Waals surface area contributed by atoms with Gasteiger partial charge in [-0.3, -0.25) is 4.99 Å². The van der Waals surface area contributed by atoms with Gasteiger partial charge in [0.1, 0.15) is 30.4 Å². The quantitative estimate of drug-likeness (QED) is 0.630. The van der Waals surface area contributed by atoms with E-state index in [1.165, 1.54) is 6.07 Å². The number of fused-ring (bicyclic) bond motifs is 3. The Morgan fingerprint density at radius 1 is 1.04 bits per heavy atom. The van der Waals surface area contributed by atoms with Crippen LogP contribution in [0.25, 0.3) is 5.69 Å². The van der Waals surface area contributed by atoms with Crippen LogP contribution in [0.3, 0.4) is 0 Å². The van der Waals surface area contributed by atoms with Crippen molar-refractivity contribution in [3.05, 3.63) is 88.7 Å². The minimum Gasteiger partial charge on any atom is -0.271 e. The molecule has 0 aliphatic carbocycles. The Hall–Kier alpha value is -2.59. The molecule has 0 spiro atoms. The van der Waals surface area contributed by atoms with Gasteiger partial charge in [-0.15, -0.1) is 0 Å². The molecule has 1 aliphatic heterocycles. The van der Waals surface area contributed by atoms with E-state index in [-0.39, 0.29) is 5.82 Å². The average molecular weight is 325 g/mol. The topological polar surface area (TPSA) is 29.1 Å². The molecule has 3 aromatic rings. The minimum absolute atomic E-state index is 0.305. The Bertz CT molecular complexity index is 937. The monoisotopic (exact) mass is 324 g/mol. The molecule has 0 fully saturated rings. The fourth-order valence-corrected chi connectivity index (χ4v) is 2.94. The van der Waals surface area contributed by atoms with Gasteiger partial charge < -0.3 is 0 Å². The zero-order valence-corrected chi connectivity index (χ0v) is 12.8. The third kappa shape index (κ3) is 2.41. The number of rotatable bonds is 1. The van der Waals surface area contributed by atoms with E-state index in [1.807, 2.05) is 35.0 Å². The molecular weight excluding hydrogens is 313 g/mol. The van der Waals surface area contributed by atoms with E-state index in [0.717, 1.165) is 17.1 Å². The summed E-state index contributed by atoms with van der Waals surface area (Å²) in [7, 11) is 0. The van der Waals surface area contributed by atoms with Crippen LogP contribution in [0.15, 0.2) is 65.9 Å². The van der Waals surface area contributed by atoms with Gasteiger partial charge in [0.2, 0.25) is 0 Å². The van der Waals surface area contributed by atoms with Gasteiger partial charge in [-0.1, -0.05) is 28.7 Å². The minimum atomic E-state index is -0.305. The Morgan fingerprint density at radius 2 is 1.91 bits per heavy atom. The largest absolute Gasteiger partial charge is 0.324 e. The second-order valence-corrected chi connectivity index (χ2v) is 5.65. The zero-order chi connectivity index (χ0) is 15.8. The van der Waals surface area contributed by atoms with Gasteiger partial charge in [-0.25, -0.2) is 4.39 Å². The Kier molecular flexibility index (Phi) is 3.39. The van der Waals surface area contributed by atoms with E-state index in [4.69, 9.17) is 11.6 Å². The molecule has 4 rings (SSSR count). The van der Waals surface area contributed by atoms with Crippen LogP contribution in [-0.2, 0) is 6.54 Å². The Morgan fingerprint density at radius 3 is 2.78 bits per heavy atom. The summed E-state index contributed by atoms with van der Waals surface area (Å²) >= 11 is 6.18. The van der Waals surface area contributed by atoms with Crippen molar-refractivity contribution in [3.63, 3.8) is 0 Å². The van der Waals surface area contributed by atoms with Crippen molar-refractivity contribution >= 4 is 17.3 Å². The molecule has 0 amide bonds. The third-order valence-electron chi connectivity index (χ3n) is 3.80. The van der Waals surface area contributed by atoms with Crippen LogP contribution in [-0.4, -0.2) is 10.7 Å². The SMILES string of the molecule is Fc1ccccc1C1=NCc2nccc[n+]2-c2ccc(Cl)cc21. The highest BCUT2D eigenvalue weighted by molar-refractivity contribution is 6.31. The van der Waals surface area contributed by atoms with Gasteiger partial charge in [0, 0.05) is 22.2 Å². The zero-order valence-electron chi connectivity index (χ0n) is 12.1. The fraction of sp³-hybridized carbons (Fsp3) is 0.0556. The molecule has 0 unspecified atom stereocenters. The summed E-state index contributed by atoms with van der Waals surface area (Å²) in [5.74, 6) is 0.489. The third-order valence-corrected chi connectivity index (χ3v) is 4.04. The van der Waals surface area contributed by atoms with E-state index < -0.39 is 0 Å². The van der Waals surface area contributed by atoms with Crippen LogP contribution in [0.2, 0.25) is 5.02 Å². The maximum Gasteiger partial charge on any atom is 0.324 e. The number of benzene rings is 2. The maximum absolute atomic E-state index is 14.3. The van der Waals surface area contributed by atoms with Crippen molar-refractivity contribution in [2.45, 2.75) is 6.54 Å². The van der Waals surface area contributed by atoms with Crippen molar-refractivity contribution in [1.82, 2.24) is 4.98 Å². The van der Waals surface area contributed by atoms with Gasteiger partial charge >= 0.3 is 5.82 Å². The lowest BCUT2D eigenvalue weighted by molar-refractivity contribution is -0.607. The van der Waals surface area contributed by atoms with Crippen molar-refractivity contribution in [2.24, 2.45) is 4.99 Å². The van der Waals surface area contributed by atoms with Gasteiger partial charge in [0.25, 0.3) is 0 Å². The molecule has 0 radical (unpaired) electrons. The van der Waals surface area contributed by atoms with E-state index in [1.54, 1.807) is 24.4 Å². The smallest absolute Gasteiger partial charge is 0.271 e. The lowest BCUT2D eigenvalue weighted by atomic mass is 10.00. The molecule has 2 aromatic carbocycles. The van der Waals surface area contributed by atoms with Gasteiger partial charge in [-0.2, -0.15) is 4.57 Å². The molecule has 112 valence electrons. The van der Waals surface area contributed by atoms with Crippen molar-refractivity contribution in [1.29, 1.82) is 0 Å². The summed E-state index contributed by atoms with van der Waals surface area (Å²) in [6.07, 6.45) is 3.65. The number of hydrogen-bond acceptors (Lipinski definition) is 2. The summed E-state index contributed by atoms with van der Waals surface area (Å²) < 4.78 is 16.3. The first-order valence-corrected chi connectivity index (χ1v) is 7.57. The fourth-order valence-electron chi connectivity index (χ4n) is 2.76. The van der Waals surface area contributed by atoms with Crippen LogP contribution in [0.1, 0.15) is 17.0 Å². The van der Waals surface area contributed by atoms with E-state index in [9.17, 15) is 4.39 Å². The first-order chi connectivity index (χ1) is 11.2. The standard InChI is InChI=1S/C18H12ClFN3/c19-12-6-7-16-14(10-12)18(13-4-1-2-5-15(13)20)22-11-17-21-8-3-9-23(16)17/h1-10H,11H2/q+1. The average Bonchev–Trinajstić information content (AvgIpc) is 2.72. The van der Waals surface area contributed by atoms with E-state index in [0.29, 0.717) is 22.8 Å². The van der Waals surface area contributed by atoms with Crippen LogP contribution in [0.5, 0.6) is 0 Å². The molecule has 2 heterocycles. The van der Waals surface area contributed by atoms with Crippen molar-refractivity contribution in [3.8, 4) is 5.69 Å². The molecule has 5 heteroatoms. The molecule has 23 heavy (non-hydrogen) atoms. The molecular formula is C18H12ClFN3+. The number of halogens is 2. The lowest BCUT2D eigenvalue weighted by Gasteiger charge is -2.10. The molecule has 0 saturated carbocycles. The Balaban J connectivity index is 2.02. The maximum atomic E-state index is 14.3. The molecule has 3 nitrogen and oxygen atoms in total. The summed E-state index contributed by atoms with van der Waals surface area (Å²) in [4.78, 5) is 8.99. The predicted molar refractivity (Wildman–Crippen MR) is 86.5 cm³/mol. The Labute approximate surface area is 137 Å². The number of hydrogen-bond donors (Lipinski definition) is 0. The second-order valence-electron chi connectivity index (χ2n) is 5.21. The highest BCUT2D eigenvalue weighted by Crippen LogP contribution is 2.24. The molecule has 0 atom stereocenters. The molecule has 0 N–H and O–H groups in total. The van der Waals surface area contributed by atoms with Gasteiger partial charge in [0.15, 0.2) is 0 Å². The summed E-state index contributed by atoms with van der Waals surface area (Å²) in [5, 5.41) is 0.584. The number of nitrogens with zero attached hydrogens (tertiary/aromatic N) is 3. The van der Waals surface area contributed by atoms with Crippen LogP contribution >= 0.6 is 11.6 Å². The lowest BCUT2D eigenvalue weighted by Crippen LogP contribution is -2.36. The van der Waals surface area contributed by atoms with Gasteiger partial charge in [0.05, 0.1) is 5.71 Å². The van der Waals surface area contributed by atoms with E-state index >= 15 is 0 Å². The van der Waals surface area contributed by atoms with E-state index in [2.05, 4.69) is 9.98 Å². The van der Waals surface area contributed by atoms with Crippen LogP contribution in [0.4, 0.5) is 4.39 Å². The summed E-state index contributed by atoms with van der Waals surface area (Å²) in [6, 6.07) is 14.0. The first-order valence-electron chi connectivity index (χ1n) is 7.19. The molecule has 0 bridgehead atoms. The summed E-state index contributed by atoms with van der Waals surface area (Å²) in [6.45, 7) is 0.372. The second kappa shape index (κ2) is 5.56. The molecule has 1 aliphatic rings. The van der Waals surface area contributed by atoms with Crippen molar-refractivity contribution in [2.75, 3.05) is 0 Å². The highest BCUT2D eigenvalue weighted by Gasteiger charge is 2.25. The number of aromatic nitrogens is 2. The highest BCUT2D eigenvalue weighted by atomic mass is 35.5. The van der Waals surface area contributed by atoms with Crippen LogP contribution < -0.4 is 4.57 Å². The molecule has 1 aromatic heterocycles. The number of aliphatic imine (C=N–C) groups is 1. The van der Waals surface area contributed by atoms with Crippen molar-refractivity contribution < 1.29 is 8.96 Å². The predicted octanol–water partition coefficient (Wildman–Crippen LogP) is 3.50. The van der Waals surface area contributed by atoms with Gasteiger partial charge in [-0.05, 0) is 30.3 Å². The first kappa shape index (κ1) is 14.0. The summed E-state index contributed by atoms with van der Waals surface area (Å²) in [5.41, 5.74) is 2.73. The normalized spacial score (nSPS) is 12.9. The molecule has 0 saturated heterocycles. The van der Waals surface area contributed by atoms with Crippen LogP contribution in [0, 0.1) is 5.82 Å².